The Kier molecular flexibility index (Phi) is 3.20. The van der Waals surface area contributed by atoms with E-state index in [4.69, 9.17) is 0 Å². The van der Waals surface area contributed by atoms with E-state index in [1.165, 1.54) is 6.33 Å². The summed E-state index contributed by atoms with van der Waals surface area (Å²) in [6, 6.07) is 9.74. The normalized spacial score (nSPS) is 10.3. The van der Waals surface area contributed by atoms with E-state index in [2.05, 4.69) is 21.1 Å². The number of hydrogen-bond acceptors (Lipinski definition) is 4. The molecule has 0 fully saturated rings. The molecule has 5 nitrogen and oxygen atoms in total. The Bertz CT molecular complexity index is 828. The van der Waals surface area contributed by atoms with Gasteiger partial charge in [0.25, 0.3) is 0 Å². The molecule has 0 spiro atoms. The zero-order chi connectivity index (χ0) is 14.8. The largest absolute Gasteiger partial charge is 0.275 e. The van der Waals surface area contributed by atoms with Crippen LogP contribution in [0.3, 0.4) is 0 Å². The third-order valence-corrected chi connectivity index (χ3v) is 3.33. The summed E-state index contributed by atoms with van der Waals surface area (Å²) in [5.74, 6) is 0. The molecule has 102 valence electrons. The van der Waals surface area contributed by atoms with E-state index in [0.717, 1.165) is 28.1 Å². The van der Waals surface area contributed by atoms with Gasteiger partial charge in [-0.2, -0.15) is 10.4 Å². The first-order valence-corrected chi connectivity index (χ1v) is 6.51. The lowest BCUT2D eigenvalue weighted by Gasteiger charge is -2.10. The lowest BCUT2D eigenvalue weighted by Crippen LogP contribution is -1.92. The van der Waals surface area contributed by atoms with Crippen molar-refractivity contribution < 1.29 is 0 Å². The highest BCUT2D eigenvalue weighted by molar-refractivity contribution is 5.86. The van der Waals surface area contributed by atoms with E-state index >= 15 is 0 Å². The Balaban J connectivity index is 2.33. The molecule has 3 aromatic rings. The third kappa shape index (κ3) is 2.28. The number of hydrogen-bond donors (Lipinski definition) is 0. The quantitative estimate of drug-likeness (QED) is 0.721. The molecule has 0 aliphatic rings. The van der Waals surface area contributed by atoms with Crippen LogP contribution in [0.1, 0.15) is 11.3 Å². The molecule has 0 amide bonds. The summed E-state index contributed by atoms with van der Waals surface area (Å²) in [5.41, 5.74) is 5.01. The molecule has 2 aromatic heterocycles. The first-order valence-electron chi connectivity index (χ1n) is 6.51. The van der Waals surface area contributed by atoms with E-state index < -0.39 is 0 Å². The fourth-order valence-electron chi connectivity index (χ4n) is 2.44. The lowest BCUT2D eigenvalue weighted by atomic mass is 9.93. The van der Waals surface area contributed by atoms with Gasteiger partial charge in [-0.3, -0.25) is 4.68 Å². The maximum Gasteiger partial charge on any atom is 0.116 e. The maximum absolute atomic E-state index is 9.44. The van der Waals surface area contributed by atoms with Crippen LogP contribution in [0.4, 0.5) is 0 Å². The number of benzene rings is 1. The van der Waals surface area contributed by atoms with Gasteiger partial charge in [0.15, 0.2) is 0 Å². The minimum atomic E-state index is 0.613. The van der Waals surface area contributed by atoms with Crippen LogP contribution in [0, 0.1) is 18.3 Å². The van der Waals surface area contributed by atoms with Gasteiger partial charge in [-0.1, -0.05) is 12.1 Å². The summed E-state index contributed by atoms with van der Waals surface area (Å²) in [6.45, 7) is 1.94. The second kappa shape index (κ2) is 5.17. The molecule has 0 N–H and O–H groups in total. The summed E-state index contributed by atoms with van der Waals surface area (Å²) in [6.07, 6.45) is 5.13. The van der Waals surface area contributed by atoms with Crippen LogP contribution in [0.25, 0.3) is 22.4 Å². The summed E-state index contributed by atoms with van der Waals surface area (Å²) in [7, 11) is 1.87. The average Bonchev–Trinajstić information content (AvgIpc) is 2.85. The topological polar surface area (TPSA) is 67.4 Å². The summed E-state index contributed by atoms with van der Waals surface area (Å²) in [4.78, 5) is 8.24. The average molecular weight is 275 g/mol. The number of nitrogens with zero attached hydrogens (tertiary/aromatic N) is 5. The zero-order valence-corrected chi connectivity index (χ0v) is 11.8. The molecule has 3 rings (SSSR count). The summed E-state index contributed by atoms with van der Waals surface area (Å²) < 4.78 is 1.75. The molecule has 0 saturated heterocycles. The second-order valence-electron chi connectivity index (χ2n) is 4.74. The van der Waals surface area contributed by atoms with Gasteiger partial charge < -0.3 is 0 Å². The van der Waals surface area contributed by atoms with Gasteiger partial charge in [0.1, 0.15) is 6.33 Å². The Morgan fingerprint density at radius 1 is 1.19 bits per heavy atom. The van der Waals surface area contributed by atoms with Crippen molar-refractivity contribution in [3.63, 3.8) is 0 Å². The standard InChI is InChI=1S/C16H13N5/c1-11-14(9-21(2)20-11)16-12(8-17)4-3-5-13(16)15-6-7-18-10-19-15/h3-7,9-10H,1-2H3. The molecule has 0 aliphatic carbocycles. The van der Waals surface area contributed by atoms with E-state index in [9.17, 15) is 5.26 Å². The minimum absolute atomic E-state index is 0.613. The number of aromatic nitrogens is 4. The Labute approximate surface area is 122 Å². The maximum atomic E-state index is 9.44. The monoisotopic (exact) mass is 275 g/mol. The highest BCUT2D eigenvalue weighted by Crippen LogP contribution is 2.35. The van der Waals surface area contributed by atoms with Crippen LogP contribution < -0.4 is 0 Å². The van der Waals surface area contributed by atoms with Gasteiger partial charge in [-0.15, -0.1) is 0 Å². The summed E-state index contributed by atoms with van der Waals surface area (Å²) >= 11 is 0. The third-order valence-electron chi connectivity index (χ3n) is 3.33. The predicted octanol–water partition coefficient (Wildman–Crippen LogP) is 2.72. The number of rotatable bonds is 2. The van der Waals surface area contributed by atoms with Crippen molar-refractivity contribution in [2.45, 2.75) is 6.92 Å². The van der Waals surface area contributed by atoms with Crippen molar-refractivity contribution in [1.29, 1.82) is 5.26 Å². The van der Waals surface area contributed by atoms with Crippen molar-refractivity contribution >= 4 is 0 Å². The molecule has 2 heterocycles. The Morgan fingerprint density at radius 2 is 2.05 bits per heavy atom. The van der Waals surface area contributed by atoms with Crippen LogP contribution in [-0.4, -0.2) is 19.7 Å². The molecular formula is C16H13N5. The van der Waals surface area contributed by atoms with E-state index in [1.54, 1.807) is 10.9 Å². The molecule has 0 unspecified atom stereocenters. The minimum Gasteiger partial charge on any atom is -0.275 e. The van der Waals surface area contributed by atoms with Gasteiger partial charge >= 0.3 is 0 Å². The number of aryl methyl sites for hydroxylation is 2. The van der Waals surface area contributed by atoms with Gasteiger partial charge in [-0.25, -0.2) is 9.97 Å². The SMILES string of the molecule is Cc1nn(C)cc1-c1c(C#N)cccc1-c1ccncn1. The predicted molar refractivity (Wildman–Crippen MR) is 79.1 cm³/mol. The molecule has 21 heavy (non-hydrogen) atoms. The second-order valence-corrected chi connectivity index (χ2v) is 4.74. The molecule has 0 bridgehead atoms. The van der Waals surface area contributed by atoms with Crippen molar-refractivity contribution in [1.82, 2.24) is 19.7 Å². The van der Waals surface area contributed by atoms with E-state index in [0.29, 0.717) is 5.56 Å². The first-order chi connectivity index (χ1) is 10.2. The zero-order valence-electron chi connectivity index (χ0n) is 11.8. The van der Waals surface area contributed by atoms with Crippen LogP contribution in [-0.2, 0) is 7.05 Å². The van der Waals surface area contributed by atoms with Gasteiger partial charge in [0.05, 0.1) is 23.0 Å². The smallest absolute Gasteiger partial charge is 0.116 e. The van der Waals surface area contributed by atoms with Crippen LogP contribution >= 0.6 is 0 Å². The Hall–Kier alpha value is -3.00. The molecular weight excluding hydrogens is 262 g/mol. The van der Waals surface area contributed by atoms with Crippen molar-refractivity contribution in [3.05, 3.63) is 54.2 Å². The lowest BCUT2D eigenvalue weighted by molar-refractivity contribution is 0.756. The molecule has 0 radical (unpaired) electrons. The fourth-order valence-corrected chi connectivity index (χ4v) is 2.44. The molecule has 5 heteroatoms. The highest BCUT2D eigenvalue weighted by Gasteiger charge is 2.16. The van der Waals surface area contributed by atoms with Crippen LogP contribution in [0.15, 0.2) is 43.0 Å². The number of nitriles is 1. The fraction of sp³-hybridized carbons (Fsp3) is 0.125. The molecule has 0 aliphatic heterocycles. The van der Waals surface area contributed by atoms with E-state index in [-0.39, 0.29) is 0 Å². The van der Waals surface area contributed by atoms with Gasteiger partial charge in [-0.05, 0) is 19.1 Å². The van der Waals surface area contributed by atoms with Crippen molar-refractivity contribution in [2.75, 3.05) is 0 Å². The van der Waals surface area contributed by atoms with E-state index in [1.807, 2.05) is 44.4 Å². The van der Waals surface area contributed by atoms with Crippen LogP contribution in [0.5, 0.6) is 0 Å². The molecule has 1 aromatic carbocycles. The highest BCUT2D eigenvalue weighted by atomic mass is 15.2. The molecule has 0 saturated carbocycles. The first kappa shape index (κ1) is 13.0. The van der Waals surface area contributed by atoms with Crippen molar-refractivity contribution in [3.8, 4) is 28.5 Å². The molecule has 0 atom stereocenters. The van der Waals surface area contributed by atoms with Gasteiger partial charge in [0, 0.05) is 36.1 Å². The van der Waals surface area contributed by atoms with Crippen LogP contribution in [0.2, 0.25) is 0 Å². The van der Waals surface area contributed by atoms with Gasteiger partial charge in [0.2, 0.25) is 0 Å². The Morgan fingerprint density at radius 3 is 2.67 bits per heavy atom. The van der Waals surface area contributed by atoms with Crippen molar-refractivity contribution in [2.24, 2.45) is 7.05 Å². The summed E-state index contributed by atoms with van der Waals surface area (Å²) in [5, 5.41) is 13.8.